The lowest BCUT2D eigenvalue weighted by Crippen LogP contribution is -2.64. The van der Waals surface area contributed by atoms with Crippen molar-refractivity contribution in [3.63, 3.8) is 0 Å². The maximum Gasteiger partial charge on any atom is 0.402 e. The van der Waals surface area contributed by atoms with Gasteiger partial charge in [0.05, 0.1) is 24.8 Å². The Bertz CT molecular complexity index is 1940. The van der Waals surface area contributed by atoms with E-state index in [0.717, 1.165) is 24.3 Å². The number of hydrogen-bond acceptors (Lipinski definition) is 21. The molecule has 318 valence electrons. The lowest BCUT2D eigenvalue weighted by atomic mass is 9.98. The van der Waals surface area contributed by atoms with Crippen LogP contribution in [0, 0.1) is 0 Å². The van der Waals surface area contributed by atoms with E-state index in [2.05, 4.69) is 0 Å². The highest BCUT2D eigenvalue weighted by atomic mass is 16.8. The van der Waals surface area contributed by atoms with Crippen LogP contribution in [0.3, 0.4) is 0 Å². The Balaban J connectivity index is 1.39. The van der Waals surface area contributed by atoms with E-state index in [4.69, 9.17) is 42.7 Å². The minimum Gasteiger partial charge on any atom is -0.507 e. The lowest BCUT2D eigenvalue weighted by Gasteiger charge is -2.44. The fraction of sp³-hybridized carbons (Fsp3) is 0.514. The van der Waals surface area contributed by atoms with Crippen LogP contribution < -0.4 is 9.47 Å². The Hall–Kier alpha value is -4.73. The average Bonchev–Trinajstić information content (AvgIpc) is 3.18. The van der Waals surface area contributed by atoms with E-state index in [1.807, 2.05) is 0 Å². The van der Waals surface area contributed by atoms with Crippen LogP contribution in [0.4, 0.5) is 0 Å². The molecule has 3 fully saturated rings. The van der Waals surface area contributed by atoms with Gasteiger partial charge in [-0.2, -0.15) is 0 Å². The largest absolute Gasteiger partial charge is 0.507 e. The smallest absolute Gasteiger partial charge is 0.402 e. The summed E-state index contributed by atoms with van der Waals surface area (Å²) in [5.74, 6) is -5.41. The number of phenolic OH excluding ortho intramolecular Hbond substituents is 3. The normalized spacial score (nSPS) is 34.0. The quantitative estimate of drug-likeness (QED) is 0.0362. The Kier molecular flexibility index (Phi) is 13.0. The highest BCUT2D eigenvalue weighted by molar-refractivity contribution is 5.90. The van der Waals surface area contributed by atoms with E-state index in [1.54, 1.807) is 0 Å². The third kappa shape index (κ3) is 8.96. The van der Waals surface area contributed by atoms with Crippen LogP contribution in [0.15, 0.2) is 40.8 Å². The number of esters is 1. The molecule has 0 aliphatic carbocycles. The second kappa shape index (κ2) is 17.6. The zero-order valence-corrected chi connectivity index (χ0v) is 29.8. The van der Waals surface area contributed by atoms with Crippen molar-refractivity contribution in [3.8, 4) is 40.1 Å². The molecule has 23 nitrogen and oxygen atoms in total. The molecule has 0 radical (unpaired) electrons. The number of carbonyl (C=O) groups is 2. The van der Waals surface area contributed by atoms with Crippen molar-refractivity contribution in [1.82, 2.24) is 0 Å². The third-order valence-corrected chi connectivity index (χ3v) is 9.48. The van der Waals surface area contributed by atoms with Gasteiger partial charge in [0.1, 0.15) is 91.0 Å². The standard InChI is InChI=1S/C35H40O23/c36-8-20-25(45)27(47)30(50)34(56-20)53-12-4-15(38)13-6-19(31(54-18(13)5-12)11-1-2-14(37)16(39)3-11)55-35-32(58-33-29(49)24(44)17(40)9-52-33)28(48)26(46)21(57-35)10-51-23(43)7-22(41)42/h1-6,17,20-21,24-30,32-36,40,44-50H,7-10H2,(H3-,37,38,39,41,42)/p+1. The van der Waals surface area contributed by atoms with Gasteiger partial charge in [0.25, 0.3) is 0 Å². The van der Waals surface area contributed by atoms with E-state index in [1.165, 1.54) is 12.1 Å². The second-order valence-electron chi connectivity index (χ2n) is 13.6. The number of aliphatic carboxylic acids is 1. The van der Waals surface area contributed by atoms with Gasteiger partial charge in [-0.25, -0.2) is 4.42 Å². The maximum atomic E-state index is 12.0. The van der Waals surface area contributed by atoms with Crippen molar-refractivity contribution in [1.29, 1.82) is 0 Å². The first-order valence-corrected chi connectivity index (χ1v) is 17.5. The van der Waals surface area contributed by atoms with Crippen LogP contribution in [0.1, 0.15) is 6.42 Å². The lowest BCUT2D eigenvalue weighted by molar-refractivity contribution is -0.345. The number of carbonyl (C=O) groups excluding carboxylic acids is 1. The fourth-order valence-corrected chi connectivity index (χ4v) is 6.31. The Morgan fingerprint density at radius 2 is 1.41 bits per heavy atom. The van der Waals surface area contributed by atoms with E-state index in [9.17, 15) is 70.9 Å². The zero-order chi connectivity index (χ0) is 42.2. The first-order valence-electron chi connectivity index (χ1n) is 17.5. The number of fused-ring (bicyclic) bond motifs is 1. The molecule has 0 amide bonds. The minimum atomic E-state index is -2.03. The highest BCUT2D eigenvalue weighted by Crippen LogP contribution is 2.43. The van der Waals surface area contributed by atoms with Crippen LogP contribution in [0.25, 0.3) is 22.3 Å². The summed E-state index contributed by atoms with van der Waals surface area (Å²) in [6, 6.07) is 6.77. The maximum absolute atomic E-state index is 12.0. The first-order chi connectivity index (χ1) is 27.5. The highest BCUT2D eigenvalue weighted by Gasteiger charge is 2.51. The number of hydrogen-bond donors (Lipinski definition) is 13. The van der Waals surface area contributed by atoms with Gasteiger partial charge in [-0.1, -0.05) is 0 Å². The molecular formula is C35H41O23+. The molecular weight excluding hydrogens is 788 g/mol. The van der Waals surface area contributed by atoms with Crippen LogP contribution in [-0.2, 0) is 33.3 Å². The minimum absolute atomic E-state index is 0.0110. The van der Waals surface area contributed by atoms with Crippen LogP contribution in [0.5, 0.6) is 28.7 Å². The summed E-state index contributed by atoms with van der Waals surface area (Å²) in [5.41, 5.74) is -0.195. The van der Waals surface area contributed by atoms with Crippen molar-refractivity contribution in [3.05, 3.63) is 36.4 Å². The molecule has 3 aliphatic rings. The molecule has 23 heteroatoms. The summed E-state index contributed by atoms with van der Waals surface area (Å²) >= 11 is 0. The average molecular weight is 830 g/mol. The van der Waals surface area contributed by atoms with E-state index in [-0.39, 0.29) is 33.8 Å². The molecule has 4 heterocycles. The van der Waals surface area contributed by atoms with Crippen molar-refractivity contribution < 1.29 is 114 Å². The van der Waals surface area contributed by atoms with Gasteiger partial charge in [-0.15, -0.1) is 0 Å². The SMILES string of the molecule is O=C(O)CC(=O)OCC1OC(Oc2cc3c(O)cc(OC4OC(CO)C(O)C(O)C4O)cc3[o+]c2-c2ccc(O)c(O)c2)C(OC2OCC(O)C(O)C2O)C(O)C1O. The molecule has 3 aromatic rings. The monoisotopic (exact) mass is 829 g/mol. The van der Waals surface area contributed by atoms with E-state index < -0.39 is 141 Å². The van der Waals surface area contributed by atoms with Gasteiger partial charge in [0.2, 0.25) is 18.3 Å². The molecule has 6 rings (SSSR count). The van der Waals surface area contributed by atoms with Crippen molar-refractivity contribution in [2.24, 2.45) is 0 Å². The summed E-state index contributed by atoms with van der Waals surface area (Å²) in [7, 11) is 0. The molecule has 0 bridgehead atoms. The Morgan fingerprint density at radius 1 is 0.724 bits per heavy atom. The number of rotatable bonds is 12. The Labute approximate surface area is 325 Å². The summed E-state index contributed by atoms with van der Waals surface area (Å²) < 4.78 is 45.0. The molecule has 13 N–H and O–H groups in total. The number of phenols is 3. The predicted molar refractivity (Wildman–Crippen MR) is 183 cm³/mol. The molecule has 3 aliphatic heterocycles. The van der Waals surface area contributed by atoms with Gasteiger partial charge < -0.3 is 99.5 Å². The van der Waals surface area contributed by atoms with Gasteiger partial charge in [0, 0.05) is 18.2 Å². The third-order valence-electron chi connectivity index (χ3n) is 9.48. The molecule has 2 aromatic carbocycles. The molecule has 0 saturated carbocycles. The topological polar surface area (TPSA) is 373 Å². The molecule has 0 spiro atoms. The van der Waals surface area contributed by atoms with Gasteiger partial charge in [0.15, 0.2) is 23.9 Å². The first kappa shape index (κ1) is 42.9. The van der Waals surface area contributed by atoms with E-state index in [0.29, 0.717) is 0 Å². The number of benzene rings is 2. The second-order valence-corrected chi connectivity index (χ2v) is 13.6. The van der Waals surface area contributed by atoms with Crippen LogP contribution in [0.2, 0.25) is 0 Å². The van der Waals surface area contributed by atoms with Crippen LogP contribution in [-0.4, -0.2) is 184 Å². The molecule has 14 unspecified atom stereocenters. The van der Waals surface area contributed by atoms with Crippen molar-refractivity contribution in [2.45, 2.75) is 92.4 Å². The van der Waals surface area contributed by atoms with Gasteiger partial charge >= 0.3 is 23.3 Å². The number of carboxylic acid groups (broad SMARTS) is 1. The number of aliphatic hydroxyl groups is 9. The number of carboxylic acids is 1. The van der Waals surface area contributed by atoms with Crippen LogP contribution >= 0.6 is 0 Å². The number of aliphatic hydroxyl groups excluding tert-OH is 9. The molecule has 14 atom stereocenters. The molecule has 3 saturated heterocycles. The van der Waals surface area contributed by atoms with Crippen molar-refractivity contribution in [2.75, 3.05) is 19.8 Å². The van der Waals surface area contributed by atoms with Crippen molar-refractivity contribution >= 4 is 22.9 Å². The van der Waals surface area contributed by atoms with Gasteiger partial charge in [-0.3, -0.25) is 9.59 Å². The van der Waals surface area contributed by atoms with E-state index >= 15 is 0 Å². The molecule has 58 heavy (non-hydrogen) atoms. The predicted octanol–water partition coefficient (Wildman–Crippen LogP) is -3.66. The Morgan fingerprint density at radius 3 is 2.10 bits per heavy atom. The number of aromatic hydroxyl groups is 3. The summed E-state index contributed by atoms with van der Waals surface area (Å²) in [4.78, 5) is 23.0. The number of ether oxygens (including phenoxy) is 7. The summed E-state index contributed by atoms with van der Waals surface area (Å²) in [6.45, 7) is -2.12. The fourth-order valence-electron chi connectivity index (χ4n) is 6.31. The zero-order valence-electron chi connectivity index (χ0n) is 29.8. The van der Waals surface area contributed by atoms with Gasteiger partial charge in [-0.05, 0) is 12.1 Å². The summed E-state index contributed by atoms with van der Waals surface area (Å²) in [5, 5.41) is 134. The molecule has 1 aromatic heterocycles. The summed E-state index contributed by atoms with van der Waals surface area (Å²) in [6.07, 6.45) is -25.7.